The smallest absolute Gasteiger partial charge is 0.229 e. The van der Waals surface area contributed by atoms with Gasteiger partial charge in [0.25, 0.3) is 0 Å². The van der Waals surface area contributed by atoms with Gasteiger partial charge in [-0.15, -0.1) is 0 Å². The van der Waals surface area contributed by atoms with E-state index in [2.05, 4.69) is 73.1 Å². The van der Waals surface area contributed by atoms with E-state index in [1.165, 1.54) is 5.56 Å². The number of rotatable bonds is 7. The number of nitrogens with zero attached hydrogens (tertiary/aromatic N) is 3. The maximum atomic E-state index is 5.24. The van der Waals surface area contributed by atoms with Crippen molar-refractivity contribution >= 4 is 0 Å². The van der Waals surface area contributed by atoms with E-state index in [4.69, 9.17) is 4.52 Å². The summed E-state index contributed by atoms with van der Waals surface area (Å²) in [7, 11) is 0. The third-order valence-corrected chi connectivity index (χ3v) is 3.52. The molecule has 0 fully saturated rings. The van der Waals surface area contributed by atoms with Crippen LogP contribution in [0.15, 0.2) is 23.0 Å². The molecule has 0 spiro atoms. The summed E-state index contributed by atoms with van der Waals surface area (Å²) in [5.74, 6) is 2.25. The standard InChI is InChI=1S/C16H26N4O/c1-6-17-15(11(2)3)13-7-8-20(9-13)10-14-18-16(12(4)5)21-19-14/h7-9,11-12,15,17H,6,10H2,1-5H3. The van der Waals surface area contributed by atoms with Gasteiger partial charge >= 0.3 is 0 Å². The molecule has 2 aromatic rings. The van der Waals surface area contributed by atoms with Gasteiger partial charge < -0.3 is 14.4 Å². The topological polar surface area (TPSA) is 55.9 Å². The largest absolute Gasteiger partial charge is 0.346 e. The van der Waals surface area contributed by atoms with E-state index >= 15 is 0 Å². The Kier molecular flexibility index (Phi) is 5.17. The van der Waals surface area contributed by atoms with Gasteiger partial charge in [-0.05, 0) is 24.1 Å². The third kappa shape index (κ3) is 3.94. The van der Waals surface area contributed by atoms with E-state index in [0.29, 0.717) is 24.4 Å². The second-order valence-electron chi connectivity index (χ2n) is 6.10. The Balaban J connectivity index is 2.08. The van der Waals surface area contributed by atoms with Gasteiger partial charge in [0.05, 0.1) is 6.54 Å². The molecule has 0 aliphatic carbocycles. The molecule has 0 aromatic carbocycles. The van der Waals surface area contributed by atoms with E-state index in [1.54, 1.807) is 0 Å². The lowest BCUT2D eigenvalue weighted by Gasteiger charge is -2.20. The predicted molar refractivity (Wildman–Crippen MR) is 83.2 cm³/mol. The van der Waals surface area contributed by atoms with Crippen molar-refractivity contribution in [2.45, 2.75) is 53.1 Å². The molecule has 0 radical (unpaired) electrons. The molecule has 1 unspecified atom stereocenters. The molecule has 0 aliphatic rings. The van der Waals surface area contributed by atoms with Crippen molar-refractivity contribution in [1.29, 1.82) is 0 Å². The summed E-state index contributed by atoms with van der Waals surface area (Å²) in [4.78, 5) is 4.42. The van der Waals surface area contributed by atoms with E-state index in [1.807, 2.05) is 0 Å². The maximum Gasteiger partial charge on any atom is 0.229 e. The van der Waals surface area contributed by atoms with E-state index in [0.717, 1.165) is 12.4 Å². The highest BCUT2D eigenvalue weighted by atomic mass is 16.5. The fraction of sp³-hybridized carbons (Fsp3) is 0.625. The molecule has 5 nitrogen and oxygen atoms in total. The van der Waals surface area contributed by atoms with Gasteiger partial charge in [0.2, 0.25) is 5.89 Å². The SMILES string of the molecule is CCNC(c1ccn(Cc2noc(C(C)C)n2)c1)C(C)C. The van der Waals surface area contributed by atoms with Crippen LogP contribution >= 0.6 is 0 Å². The van der Waals surface area contributed by atoms with Crippen molar-refractivity contribution in [1.82, 2.24) is 20.0 Å². The first kappa shape index (κ1) is 15.8. The predicted octanol–water partition coefficient (Wildman–Crippen LogP) is 3.35. The molecule has 116 valence electrons. The lowest BCUT2D eigenvalue weighted by molar-refractivity contribution is 0.360. The van der Waals surface area contributed by atoms with Gasteiger partial charge in [-0.25, -0.2) is 0 Å². The number of hydrogen-bond acceptors (Lipinski definition) is 4. The molecule has 2 aromatic heterocycles. The fourth-order valence-electron chi connectivity index (χ4n) is 2.43. The van der Waals surface area contributed by atoms with Crippen LogP contribution in [-0.4, -0.2) is 21.3 Å². The number of nitrogens with one attached hydrogen (secondary N) is 1. The third-order valence-electron chi connectivity index (χ3n) is 3.52. The summed E-state index contributed by atoms with van der Waals surface area (Å²) >= 11 is 0. The average molecular weight is 290 g/mol. The zero-order chi connectivity index (χ0) is 15.4. The highest BCUT2D eigenvalue weighted by molar-refractivity contribution is 5.16. The molecule has 0 aliphatic heterocycles. The summed E-state index contributed by atoms with van der Waals surface area (Å²) in [6, 6.07) is 2.55. The Bertz CT molecular complexity index is 556. The van der Waals surface area contributed by atoms with Crippen molar-refractivity contribution in [3.05, 3.63) is 35.7 Å². The summed E-state index contributed by atoms with van der Waals surface area (Å²) in [5.41, 5.74) is 1.31. The van der Waals surface area contributed by atoms with Crippen LogP contribution in [0.5, 0.6) is 0 Å². The lowest BCUT2D eigenvalue weighted by atomic mass is 9.98. The Morgan fingerprint density at radius 3 is 2.62 bits per heavy atom. The number of hydrogen-bond donors (Lipinski definition) is 1. The van der Waals surface area contributed by atoms with Gasteiger partial charge in [-0.2, -0.15) is 4.98 Å². The molecule has 2 rings (SSSR count). The molecule has 0 saturated carbocycles. The Labute approximate surface area is 126 Å². The first-order valence-electron chi connectivity index (χ1n) is 7.72. The minimum absolute atomic E-state index is 0.269. The van der Waals surface area contributed by atoms with Crippen molar-refractivity contribution in [2.24, 2.45) is 5.92 Å². The van der Waals surface area contributed by atoms with E-state index in [-0.39, 0.29) is 5.92 Å². The molecule has 2 heterocycles. The average Bonchev–Trinajstić information content (AvgIpc) is 3.05. The van der Waals surface area contributed by atoms with Crippen molar-refractivity contribution in [3.63, 3.8) is 0 Å². The lowest BCUT2D eigenvalue weighted by Crippen LogP contribution is -2.25. The fourth-order valence-corrected chi connectivity index (χ4v) is 2.43. The van der Waals surface area contributed by atoms with Gasteiger partial charge in [0.15, 0.2) is 5.82 Å². The Morgan fingerprint density at radius 1 is 1.29 bits per heavy atom. The second kappa shape index (κ2) is 6.89. The molecule has 0 bridgehead atoms. The minimum Gasteiger partial charge on any atom is -0.346 e. The zero-order valence-corrected chi connectivity index (χ0v) is 13.6. The molecule has 5 heteroatoms. The molecular formula is C16H26N4O. The summed E-state index contributed by atoms with van der Waals surface area (Å²) in [6.07, 6.45) is 4.24. The molecule has 1 N–H and O–H groups in total. The second-order valence-corrected chi connectivity index (χ2v) is 6.10. The quantitative estimate of drug-likeness (QED) is 0.849. The Morgan fingerprint density at radius 2 is 2.05 bits per heavy atom. The summed E-state index contributed by atoms with van der Waals surface area (Å²) < 4.78 is 7.35. The normalized spacial score (nSPS) is 13.3. The van der Waals surface area contributed by atoms with Crippen LogP contribution in [0.1, 0.15) is 63.9 Å². The van der Waals surface area contributed by atoms with Crippen molar-refractivity contribution in [3.8, 4) is 0 Å². The van der Waals surface area contributed by atoms with Crippen LogP contribution < -0.4 is 5.32 Å². The van der Waals surface area contributed by atoms with Gasteiger partial charge in [-0.1, -0.05) is 39.8 Å². The summed E-state index contributed by atoms with van der Waals surface area (Å²) in [5, 5.41) is 7.57. The van der Waals surface area contributed by atoms with Crippen LogP contribution in [0.3, 0.4) is 0 Å². The van der Waals surface area contributed by atoms with Crippen molar-refractivity contribution < 1.29 is 4.52 Å². The van der Waals surface area contributed by atoms with Gasteiger partial charge in [-0.3, -0.25) is 0 Å². The van der Waals surface area contributed by atoms with Crippen LogP contribution in [0.25, 0.3) is 0 Å². The number of aromatic nitrogens is 3. The molecule has 21 heavy (non-hydrogen) atoms. The van der Waals surface area contributed by atoms with E-state index in [9.17, 15) is 0 Å². The van der Waals surface area contributed by atoms with Crippen LogP contribution in [-0.2, 0) is 6.54 Å². The van der Waals surface area contributed by atoms with Gasteiger partial charge in [0, 0.05) is 24.4 Å². The van der Waals surface area contributed by atoms with Crippen molar-refractivity contribution in [2.75, 3.05) is 6.54 Å². The zero-order valence-electron chi connectivity index (χ0n) is 13.6. The highest BCUT2D eigenvalue weighted by Gasteiger charge is 2.16. The minimum atomic E-state index is 0.269. The molecule has 1 atom stereocenters. The van der Waals surface area contributed by atoms with Crippen LogP contribution in [0, 0.1) is 5.92 Å². The van der Waals surface area contributed by atoms with E-state index < -0.39 is 0 Å². The first-order chi connectivity index (χ1) is 10.0. The first-order valence-corrected chi connectivity index (χ1v) is 7.72. The monoisotopic (exact) mass is 290 g/mol. The summed E-state index contributed by atoms with van der Waals surface area (Å²) in [6.45, 7) is 12.3. The highest BCUT2D eigenvalue weighted by Crippen LogP contribution is 2.22. The van der Waals surface area contributed by atoms with Crippen LogP contribution in [0.2, 0.25) is 0 Å². The van der Waals surface area contributed by atoms with Crippen LogP contribution in [0.4, 0.5) is 0 Å². The molecule has 0 amide bonds. The Hall–Kier alpha value is -1.62. The van der Waals surface area contributed by atoms with Gasteiger partial charge in [0.1, 0.15) is 0 Å². The molecule has 0 saturated heterocycles. The molecular weight excluding hydrogens is 264 g/mol. The maximum absolute atomic E-state index is 5.24.